The maximum Gasteiger partial charge on any atom is 0.236 e. The van der Waals surface area contributed by atoms with Gasteiger partial charge in [-0.2, -0.15) is 0 Å². The molecule has 4 nitrogen and oxygen atoms in total. The smallest absolute Gasteiger partial charge is 0.236 e. The number of likely N-dealkylation sites (tertiary alicyclic amines) is 1. The largest absolute Gasteiger partial charge is 0.355 e. The molecule has 0 radical (unpaired) electrons. The minimum absolute atomic E-state index is 0. The molecule has 1 amide bonds. The Morgan fingerprint density at radius 2 is 1.85 bits per heavy atom. The zero-order valence-electron chi connectivity index (χ0n) is 15.9. The minimum Gasteiger partial charge on any atom is -0.355 e. The van der Waals surface area contributed by atoms with E-state index in [-0.39, 0.29) is 36.8 Å². The number of hydrogen-bond donors (Lipinski definition) is 2. The van der Waals surface area contributed by atoms with Crippen molar-refractivity contribution in [2.75, 3.05) is 26.2 Å². The van der Waals surface area contributed by atoms with Crippen LogP contribution in [0, 0.1) is 5.92 Å². The summed E-state index contributed by atoms with van der Waals surface area (Å²) in [6, 6.07) is 10.5. The molecule has 3 N–H and O–H groups in total. The van der Waals surface area contributed by atoms with E-state index in [1.807, 2.05) is 6.92 Å². The van der Waals surface area contributed by atoms with Crippen LogP contribution >= 0.6 is 24.8 Å². The lowest BCUT2D eigenvalue weighted by atomic mass is 9.90. The quantitative estimate of drug-likeness (QED) is 0.620. The number of nitrogens with one attached hydrogen (secondary N) is 1. The van der Waals surface area contributed by atoms with Gasteiger partial charge in [0.2, 0.25) is 5.91 Å². The number of amides is 1. The highest BCUT2D eigenvalue weighted by Gasteiger charge is 2.19. The zero-order valence-corrected chi connectivity index (χ0v) is 17.5. The van der Waals surface area contributed by atoms with Gasteiger partial charge in [-0.15, -0.1) is 24.8 Å². The predicted octanol–water partition coefficient (Wildman–Crippen LogP) is 3.42. The van der Waals surface area contributed by atoms with Gasteiger partial charge in [0.05, 0.1) is 6.04 Å². The molecule has 1 atom stereocenters. The number of nitrogens with zero attached hydrogens (tertiary/aromatic N) is 1. The maximum atomic E-state index is 11.6. The van der Waals surface area contributed by atoms with E-state index in [0.717, 1.165) is 31.8 Å². The van der Waals surface area contributed by atoms with Crippen LogP contribution in [0.4, 0.5) is 0 Å². The van der Waals surface area contributed by atoms with Gasteiger partial charge in [0.15, 0.2) is 0 Å². The Balaban J connectivity index is 0.00000312. The molecule has 6 heteroatoms. The molecular formula is C20H35Cl2N3O. The van der Waals surface area contributed by atoms with Gasteiger partial charge in [-0.1, -0.05) is 37.3 Å². The normalized spacial score (nSPS) is 16.2. The van der Waals surface area contributed by atoms with E-state index in [1.165, 1.54) is 37.9 Å². The highest BCUT2D eigenvalue weighted by Crippen LogP contribution is 2.21. The summed E-state index contributed by atoms with van der Waals surface area (Å²) in [4.78, 5) is 14.1. The van der Waals surface area contributed by atoms with E-state index in [4.69, 9.17) is 5.73 Å². The van der Waals surface area contributed by atoms with Crippen molar-refractivity contribution in [2.24, 2.45) is 11.7 Å². The monoisotopic (exact) mass is 403 g/mol. The molecule has 1 aliphatic rings. The summed E-state index contributed by atoms with van der Waals surface area (Å²) in [5.74, 6) is 0.817. The van der Waals surface area contributed by atoms with Crippen LogP contribution in [0.2, 0.25) is 0 Å². The molecule has 0 aliphatic carbocycles. The van der Waals surface area contributed by atoms with E-state index in [0.29, 0.717) is 6.42 Å². The lowest BCUT2D eigenvalue weighted by molar-refractivity contribution is -0.122. The average molecular weight is 404 g/mol. The first kappa shape index (κ1) is 25.2. The van der Waals surface area contributed by atoms with Crippen molar-refractivity contribution in [3.63, 3.8) is 0 Å². The Bertz CT molecular complexity index is 479. The number of carbonyl (C=O) groups is 1. The predicted molar refractivity (Wildman–Crippen MR) is 114 cm³/mol. The van der Waals surface area contributed by atoms with Crippen LogP contribution < -0.4 is 11.1 Å². The number of hydrogen-bond acceptors (Lipinski definition) is 3. The Labute approximate surface area is 171 Å². The van der Waals surface area contributed by atoms with Gasteiger partial charge in [-0.05, 0) is 69.6 Å². The number of rotatable bonds is 9. The van der Waals surface area contributed by atoms with Crippen LogP contribution in [-0.4, -0.2) is 43.0 Å². The molecule has 1 saturated heterocycles. The first-order valence-electron chi connectivity index (χ1n) is 9.48. The van der Waals surface area contributed by atoms with E-state index in [1.54, 1.807) is 0 Å². The summed E-state index contributed by atoms with van der Waals surface area (Å²) < 4.78 is 0. The van der Waals surface area contributed by atoms with Crippen molar-refractivity contribution in [1.29, 1.82) is 0 Å². The summed E-state index contributed by atoms with van der Waals surface area (Å²) in [7, 11) is 0. The highest BCUT2D eigenvalue weighted by atomic mass is 35.5. The molecule has 26 heavy (non-hydrogen) atoms. The lowest BCUT2D eigenvalue weighted by Crippen LogP contribution is -2.40. The Morgan fingerprint density at radius 1 is 1.19 bits per heavy atom. The molecule has 1 aromatic rings. The Hall–Kier alpha value is -0.810. The molecule has 2 rings (SSSR count). The number of piperidine rings is 1. The molecular weight excluding hydrogens is 369 g/mol. The molecule has 1 aliphatic heterocycles. The fraction of sp³-hybridized carbons (Fsp3) is 0.650. The van der Waals surface area contributed by atoms with Crippen LogP contribution in [0.3, 0.4) is 0 Å². The second-order valence-corrected chi connectivity index (χ2v) is 6.99. The van der Waals surface area contributed by atoms with Gasteiger partial charge >= 0.3 is 0 Å². The molecule has 1 aromatic carbocycles. The third-order valence-electron chi connectivity index (χ3n) is 5.05. The van der Waals surface area contributed by atoms with Crippen molar-refractivity contribution in [2.45, 2.75) is 51.5 Å². The second kappa shape index (κ2) is 14.3. The number of halogens is 2. The standard InChI is InChI=1S/C20H33N3O.2ClH/c1-2-19(21)20(24)22-12-6-7-13-23-14-10-18(11-15-23)16-17-8-4-3-5-9-17;;/h3-5,8-9,18-19H,2,6-7,10-16,21H2,1H3,(H,22,24);2*1H/t19-;;/m0../s1. The van der Waals surface area contributed by atoms with Gasteiger partial charge in [0.1, 0.15) is 0 Å². The van der Waals surface area contributed by atoms with Crippen molar-refractivity contribution >= 4 is 30.7 Å². The summed E-state index contributed by atoms with van der Waals surface area (Å²) in [6.45, 7) is 6.26. The fourth-order valence-electron chi connectivity index (χ4n) is 3.35. The van der Waals surface area contributed by atoms with Crippen LogP contribution in [0.1, 0.15) is 44.6 Å². The van der Waals surface area contributed by atoms with Crippen LogP contribution in [0.5, 0.6) is 0 Å². The van der Waals surface area contributed by atoms with Crippen molar-refractivity contribution < 1.29 is 4.79 Å². The molecule has 0 saturated carbocycles. The SMILES string of the molecule is CC[C@H](N)C(=O)NCCCCN1CCC(Cc2ccccc2)CC1.Cl.Cl. The average Bonchev–Trinajstić information content (AvgIpc) is 2.62. The third-order valence-corrected chi connectivity index (χ3v) is 5.05. The highest BCUT2D eigenvalue weighted by molar-refractivity contribution is 5.85. The number of unbranched alkanes of at least 4 members (excludes halogenated alkanes) is 1. The third kappa shape index (κ3) is 9.22. The van der Waals surface area contributed by atoms with Crippen LogP contribution in [-0.2, 0) is 11.2 Å². The van der Waals surface area contributed by atoms with E-state index in [2.05, 4.69) is 40.5 Å². The van der Waals surface area contributed by atoms with Gasteiger partial charge in [-0.25, -0.2) is 0 Å². The summed E-state index contributed by atoms with van der Waals surface area (Å²) in [5, 5.41) is 2.92. The fourth-order valence-corrected chi connectivity index (χ4v) is 3.35. The van der Waals surface area contributed by atoms with E-state index < -0.39 is 0 Å². The van der Waals surface area contributed by atoms with Crippen molar-refractivity contribution in [1.82, 2.24) is 10.2 Å². The second-order valence-electron chi connectivity index (χ2n) is 6.99. The van der Waals surface area contributed by atoms with Gasteiger partial charge in [0.25, 0.3) is 0 Å². The topological polar surface area (TPSA) is 58.4 Å². The lowest BCUT2D eigenvalue weighted by Gasteiger charge is -2.32. The summed E-state index contributed by atoms with van der Waals surface area (Å²) in [6.07, 6.45) is 6.70. The molecule has 1 heterocycles. The van der Waals surface area contributed by atoms with Gasteiger partial charge < -0.3 is 16.0 Å². The maximum absolute atomic E-state index is 11.6. The molecule has 150 valence electrons. The molecule has 0 bridgehead atoms. The summed E-state index contributed by atoms with van der Waals surface area (Å²) in [5.41, 5.74) is 7.17. The van der Waals surface area contributed by atoms with Gasteiger partial charge in [0, 0.05) is 6.54 Å². The first-order chi connectivity index (χ1) is 11.7. The van der Waals surface area contributed by atoms with Crippen LogP contribution in [0.15, 0.2) is 30.3 Å². The Kier molecular flexibility index (Phi) is 13.8. The number of benzene rings is 1. The van der Waals surface area contributed by atoms with E-state index >= 15 is 0 Å². The van der Waals surface area contributed by atoms with Gasteiger partial charge in [-0.3, -0.25) is 4.79 Å². The van der Waals surface area contributed by atoms with Crippen LogP contribution in [0.25, 0.3) is 0 Å². The first-order valence-corrected chi connectivity index (χ1v) is 9.48. The van der Waals surface area contributed by atoms with Crippen molar-refractivity contribution in [3.05, 3.63) is 35.9 Å². The van der Waals surface area contributed by atoms with Crippen molar-refractivity contribution in [3.8, 4) is 0 Å². The summed E-state index contributed by atoms with van der Waals surface area (Å²) >= 11 is 0. The zero-order chi connectivity index (χ0) is 17.2. The molecule has 0 spiro atoms. The number of nitrogens with two attached hydrogens (primary N) is 1. The molecule has 0 aromatic heterocycles. The number of carbonyl (C=O) groups excluding carboxylic acids is 1. The molecule has 1 fully saturated rings. The minimum atomic E-state index is -0.353. The molecule has 0 unspecified atom stereocenters. The Morgan fingerprint density at radius 3 is 2.46 bits per heavy atom. The van der Waals surface area contributed by atoms with E-state index in [9.17, 15) is 4.79 Å².